The summed E-state index contributed by atoms with van der Waals surface area (Å²) in [6, 6.07) is 1.78. The first-order chi connectivity index (χ1) is 11.7. The maximum absolute atomic E-state index is 13.1. The lowest BCUT2D eigenvalue weighted by Gasteiger charge is -2.39. The van der Waals surface area contributed by atoms with Gasteiger partial charge in [-0.05, 0) is 31.7 Å². The molecule has 2 fully saturated rings. The summed E-state index contributed by atoms with van der Waals surface area (Å²) < 4.78 is 1.63. The van der Waals surface area contributed by atoms with Gasteiger partial charge in [0.25, 0.3) is 5.91 Å². The van der Waals surface area contributed by atoms with Gasteiger partial charge in [0, 0.05) is 32.4 Å². The molecule has 0 unspecified atom stereocenters. The van der Waals surface area contributed by atoms with Gasteiger partial charge in [-0.3, -0.25) is 14.3 Å². The van der Waals surface area contributed by atoms with Crippen molar-refractivity contribution in [2.24, 2.45) is 13.0 Å². The number of rotatable bonds is 1. The number of fused-ring (bicyclic) bond motifs is 1. The third kappa shape index (κ3) is 3.62. The number of hydrogen-bond donors (Lipinski definition) is 1. The standard InChI is InChI=1S/C18H28N4O2/c1-21-16(10-12-20-21)18(24)22-13-7-3-2-6-11-19-17(23)14-8-4-5-9-15(14)22/h10,12,14-15H,2-9,11,13H2,1H3,(H,19,23)/t14-,15+/m1/s1. The highest BCUT2D eigenvalue weighted by molar-refractivity contribution is 5.93. The number of carbonyl (C=O) groups excluding carboxylic acids is 2. The zero-order chi connectivity index (χ0) is 16.9. The predicted molar refractivity (Wildman–Crippen MR) is 91.5 cm³/mol. The fourth-order valence-electron chi connectivity index (χ4n) is 4.04. The maximum Gasteiger partial charge on any atom is 0.272 e. The number of hydrogen-bond acceptors (Lipinski definition) is 3. The predicted octanol–water partition coefficient (Wildman–Crippen LogP) is 2.11. The SMILES string of the molecule is Cn1nccc1C(=O)N1CCCCCCNC(=O)[C@@H]2CCCC[C@@H]21. The zero-order valence-corrected chi connectivity index (χ0v) is 14.5. The summed E-state index contributed by atoms with van der Waals surface area (Å²) in [6.07, 6.45) is 9.84. The smallest absolute Gasteiger partial charge is 0.272 e. The third-order valence-corrected chi connectivity index (χ3v) is 5.39. The van der Waals surface area contributed by atoms with Gasteiger partial charge >= 0.3 is 0 Å². The molecular weight excluding hydrogens is 304 g/mol. The number of amides is 2. The fraction of sp³-hybridized carbons (Fsp3) is 0.722. The lowest BCUT2D eigenvalue weighted by Crippen LogP contribution is -2.51. The molecule has 24 heavy (non-hydrogen) atoms. The minimum atomic E-state index is -0.0750. The highest BCUT2D eigenvalue weighted by Crippen LogP contribution is 2.30. The van der Waals surface area contributed by atoms with Gasteiger partial charge in [-0.2, -0.15) is 5.10 Å². The molecular formula is C18H28N4O2. The second-order valence-corrected chi connectivity index (χ2v) is 7.00. The summed E-state index contributed by atoms with van der Waals surface area (Å²) in [5, 5.41) is 7.22. The first kappa shape index (κ1) is 17.0. The zero-order valence-electron chi connectivity index (χ0n) is 14.5. The van der Waals surface area contributed by atoms with Crippen LogP contribution >= 0.6 is 0 Å². The average Bonchev–Trinajstić information content (AvgIpc) is 3.01. The Bertz CT molecular complexity index is 583. The van der Waals surface area contributed by atoms with Gasteiger partial charge in [0.05, 0.1) is 5.92 Å². The van der Waals surface area contributed by atoms with Crippen LogP contribution in [0.1, 0.15) is 61.9 Å². The van der Waals surface area contributed by atoms with Crippen molar-refractivity contribution < 1.29 is 9.59 Å². The van der Waals surface area contributed by atoms with Crippen LogP contribution in [0.5, 0.6) is 0 Å². The van der Waals surface area contributed by atoms with E-state index in [1.54, 1.807) is 24.0 Å². The highest BCUT2D eigenvalue weighted by atomic mass is 16.2. The molecule has 1 aromatic rings. The summed E-state index contributed by atoms with van der Waals surface area (Å²) >= 11 is 0. The van der Waals surface area contributed by atoms with Gasteiger partial charge < -0.3 is 10.2 Å². The molecule has 1 saturated heterocycles. The molecule has 3 rings (SSSR count). The maximum atomic E-state index is 13.1. The summed E-state index contributed by atoms with van der Waals surface area (Å²) in [6.45, 7) is 1.50. The minimum Gasteiger partial charge on any atom is -0.356 e. The van der Waals surface area contributed by atoms with E-state index < -0.39 is 0 Å². The van der Waals surface area contributed by atoms with Crippen LogP contribution in [0.4, 0.5) is 0 Å². The minimum absolute atomic E-state index is 0.0129. The largest absolute Gasteiger partial charge is 0.356 e. The van der Waals surface area contributed by atoms with Crippen LogP contribution in [0.3, 0.4) is 0 Å². The second-order valence-electron chi connectivity index (χ2n) is 7.00. The van der Waals surface area contributed by atoms with E-state index in [2.05, 4.69) is 10.4 Å². The van der Waals surface area contributed by atoms with Crippen LogP contribution in [0.15, 0.2) is 12.3 Å². The van der Waals surface area contributed by atoms with E-state index in [4.69, 9.17) is 0 Å². The third-order valence-electron chi connectivity index (χ3n) is 5.39. The first-order valence-corrected chi connectivity index (χ1v) is 9.25. The lowest BCUT2D eigenvalue weighted by atomic mass is 9.82. The summed E-state index contributed by atoms with van der Waals surface area (Å²) in [7, 11) is 1.80. The van der Waals surface area contributed by atoms with Crippen molar-refractivity contribution in [3.05, 3.63) is 18.0 Å². The Morgan fingerprint density at radius 2 is 1.96 bits per heavy atom. The number of carbonyl (C=O) groups is 2. The Balaban J connectivity index is 1.87. The van der Waals surface area contributed by atoms with Crippen molar-refractivity contribution in [3.8, 4) is 0 Å². The van der Waals surface area contributed by atoms with Gasteiger partial charge in [0.1, 0.15) is 5.69 Å². The molecule has 2 aliphatic rings. The topological polar surface area (TPSA) is 67.2 Å². The number of nitrogens with one attached hydrogen (secondary N) is 1. The quantitative estimate of drug-likeness (QED) is 0.856. The van der Waals surface area contributed by atoms with E-state index >= 15 is 0 Å². The molecule has 0 bridgehead atoms. The highest BCUT2D eigenvalue weighted by Gasteiger charge is 2.37. The van der Waals surface area contributed by atoms with E-state index in [-0.39, 0.29) is 23.8 Å². The van der Waals surface area contributed by atoms with Crippen LogP contribution in [0.2, 0.25) is 0 Å². The number of aromatic nitrogens is 2. The van der Waals surface area contributed by atoms with Crippen LogP contribution in [-0.4, -0.2) is 45.6 Å². The molecule has 1 aliphatic carbocycles. The molecule has 1 saturated carbocycles. The van der Waals surface area contributed by atoms with Crippen LogP contribution in [0, 0.1) is 5.92 Å². The molecule has 2 atom stereocenters. The Hall–Kier alpha value is -1.85. The molecule has 0 aromatic carbocycles. The molecule has 1 aromatic heterocycles. The number of nitrogens with zero attached hydrogens (tertiary/aromatic N) is 3. The molecule has 2 heterocycles. The van der Waals surface area contributed by atoms with Crippen molar-refractivity contribution in [2.75, 3.05) is 13.1 Å². The molecule has 6 nitrogen and oxygen atoms in total. The van der Waals surface area contributed by atoms with E-state index in [1.807, 2.05) is 4.90 Å². The van der Waals surface area contributed by atoms with E-state index in [0.29, 0.717) is 5.69 Å². The number of aryl methyl sites for hydroxylation is 1. The van der Waals surface area contributed by atoms with Crippen molar-refractivity contribution >= 4 is 11.8 Å². The Morgan fingerprint density at radius 1 is 1.17 bits per heavy atom. The fourth-order valence-corrected chi connectivity index (χ4v) is 4.04. The molecule has 0 radical (unpaired) electrons. The summed E-state index contributed by atoms with van der Waals surface area (Å²) in [4.78, 5) is 27.7. The molecule has 2 amide bonds. The van der Waals surface area contributed by atoms with Crippen molar-refractivity contribution in [1.29, 1.82) is 0 Å². The van der Waals surface area contributed by atoms with Crippen molar-refractivity contribution in [1.82, 2.24) is 20.0 Å². The molecule has 0 spiro atoms. The molecule has 6 heteroatoms. The van der Waals surface area contributed by atoms with Crippen LogP contribution < -0.4 is 5.32 Å². The Kier molecular flexibility index (Phi) is 5.53. The van der Waals surface area contributed by atoms with Gasteiger partial charge in [-0.1, -0.05) is 25.7 Å². The summed E-state index contributed by atoms with van der Waals surface area (Å²) in [5.41, 5.74) is 0.606. The van der Waals surface area contributed by atoms with E-state index in [9.17, 15) is 9.59 Å². The lowest BCUT2D eigenvalue weighted by molar-refractivity contribution is -0.128. The molecule has 1 N–H and O–H groups in total. The normalized spacial score (nSPS) is 26.2. The van der Waals surface area contributed by atoms with Gasteiger partial charge in [0.15, 0.2) is 0 Å². The second kappa shape index (κ2) is 7.81. The van der Waals surface area contributed by atoms with Gasteiger partial charge in [-0.25, -0.2) is 0 Å². The molecule has 132 valence electrons. The van der Waals surface area contributed by atoms with Crippen molar-refractivity contribution in [3.63, 3.8) is 0 Å². The van der Waals surface area contributed by atoms with Gasteiger partial charge in [-0.15, -0.1) is 0 Å². The van der Waals surface area contributed by atoms with E-state index in [0.717, 1.165) is 64.5 Å². The Labute approximate surface area is 143 Å². The van der Waals surface area contributed by atoms with Crippen LogP contribution in [0.25, 0.3) is 0 Å². The van der Waals surface area contributed by atoms with Crippen LogP contribution in [-0.2, 0) is 11.8 Å². The average molecular weight is 332 g/mol. The van der Waals surface area contributed by atoms with E-state index in [1.165, 1.54) is 0 Å². The monoisotopic (exact) mass is 332 g/mol. The van der Waals surface area contributed by atoms with Gasteiger partial charge in [0.2, 0.25) is 5.91 Å². The first-order valence-electron chi connectivity index (χ1n) is 9.25. The molecule has 1 aliphatic heterocycles. The van der Waals surface area contributed by atoms with Crippen molar-refractivity contribution in [2.45, 2.75) is 57.4 Å². The Morgan fingerprint density at radius 3 is 2.75 bits per heavy atom. The summed E-state index contributed by atoms with van der Waals surface area (Å²) in [5.74, 6) is 0.0670.